The summed E-state index contributed by atoms with van der Waals surface area (Å²) < 4.78 is 0. The Bertz CT molecular complexity index is 1050. The SMILES string of the molecule is CC(C)c1nnc(NC(=O)CCc2nc3sc4c(c3c(=O)[nH]2)CCCC4)s1. The van der Waals surface area contributed by atoms with Gasteiger partial charge in [-0.2, -0.15) is 0 Å². The highest BCUT2D eigenvalue weighted by atomic mass is 32.1. The van der Waals surface area contributed by atoms with Crippen molar-refractivity contribution in [3.05, 3.63) is 31.6 Å². The van der Waals surface area contributed by atoms with Crippen LogP contribution in [0.3, 0.4) is 0 Å². The van der Waals surface area contributed by atoms with Gasteiger partial charge in [0.05, 0.1) is 5.39 Å². The highest BCUT2D eigenvalue weighted by Gasteiger charge is 2.20. The van der Waals surface area contributed by atoms with Gasteiger partial charge in [-0.05, 0) is 31.2 Å². The maximum Gasteiger partial charge on any atom is 0.259 e. The predicted octanol–water partition coefficient (Wildman–Crippen LogP) is 3.41. The Morgan fingerprint density at radius 1 is 1.22 bits per heavy atom. The summed E-state index contributed by atoms with van der Waals surface area (Å²) in [5.74, 6) is 0.682. The summed E-state index contributed by atoms with van der Waals surface area (Å²) in [4.78, 5) is 34.3. The zero-order valence-electron chi connectivity index (χ0n) is 15.3. The molecule has 1 amide bonds. The van der Waals surface area contributed by atoms with E-state index >= 15 is 0 Å². The monoisotopic (exact) mass is 403 g/mol. The Labute approximate surface area is 164 Å². The van der Waals surface area contributed by atoms with Crippen molar-refractivity contribution in [2.24, 2.45) is 0 Å². The molecule has 0 aliphatic heterocycles. The van der Waals surface area contributed by atoms with E-state index in [9.17, 15) is 9.59 Å². The van der Waals surface area contributed by atoms with Gasteiger partial charge in [0.1, 0.15) is 15.7 Å². The van der Waals surface area contributed by atoms with Crippen molar-refractivity contribution in [2.75, 3.05) is 5.32 Å². The lowest BCUT2D eigenvalue weighted by atomic mass is 9.97. The summed E-state index contributed by atoms with van der Waals surface area (Å²) in [5, 5.41) is 13.0. The van der Waals surface area contributed by atoms with Gasteiger partial charge in [-0.15, -0.1) is 21.5 Å². The second-order valence-electron chi connectivity index (χ2n) is 7.05. The van der Waals surface area contributed by atoms with Crippen LogP contribution in [-0.2, 0) is 24.1 Å². The van der Waals surface area contributed by atoms with Gasteiger partial charge in [-0.1, -0.05) is 25.2 Å². The fourth-order valence-electron chi connectivity index (χ4n) is 3.26. The molecule has 0 saturated carbocycles. The molecule has 4 rings (SSSR count). The van der Waals surface area contributed by atoms with E-state index in [1.807, 2.05) is 13.8 Å². The first kappa shape index (κ1) is 18.2. The number of H-pyrrole nitrogens is 1. The summed E-state index contributed by atoms with van der Waals surface area (Å²) in [5.41, 5.74) is 1.09. The van der Waals surface area contributed by atoms with Gasteiger partial charge in [0.2, 0.25) is 11.0 Å². The first-order chi connectivity index (χ1) is 13.0. The van der Waals surface area contributed by atoms with Crippen LogP contribution in [0.5, 0.6) is 0 Å². The Morgan fingerprint density at radius 2 is 2.04 bits per heavy atom. The molecule has 142 valence electrons. The van der Waals surface area contributed by atoms with Gasteiger partial charge in [0.15, 0.2) is 0 Å². The normalized spacial score (nSPS) is 13.9. The average Bonchev–Trinajstić information content (AvgIpc) is 3.24. The van der Waals surface area contributed by atoms with Crippen molar-refractivity contribution in [2.45, 2.75) is 58.3 Å². The van der Waals surface area contributed by atoms with E-state index in [0.717, 1.165) is 34.5 Å². The molecule has 27 heavy (non-hydrogen) atoms. The molecular formula is C18H21N5O2S2. The van der Waals surface area contributed by atoms with E-state index < -0.39 is 0 Å². The molecule has 2 N–H and O–H groups in total. The third-order valence-corrected chi connectivity index (χ3v) is 6.97. The topological polar surface area (TPSA) is 101 Å². The van der Waals surface area contributed by atoms with E-state index in [-0.39, 0.29) is 23.8 Å². The third-order valence-electron chi connectivity index (χ3n) is 4.64. The van der Waals surface area contributed by atoms with Crippen LogP contribution in [0, 0.1) is 0 Å². The number of aromatic amines is 1. The van der Waals surface area contributed by atoms with Crippen molar-refractivity contribution in [3.63, 3.8) is 0 Å². The molecule has 3 heterocycles. The minimum absolute atomic E-state index is 0.0829. The van der Waals surface area contributed by atoms with Gasteiger partial charge in [-0.3, -0.25) is 9.59 Å². The fraction of sp³-hybridized carbons (Fsp3) is 0.500. The molecular weight excluding hydrogens is 382 g/mol. The van der Waals surface area contributed by atoms with Gasteiger partial charge in [-0.25, -0.2) is 4.98 Å². The molecule has 0 fully saturated rings. The molecule has 1 aliphatic carbocycles. The lowest BCUT2D eigenvalue weighted by Crippen LogP contribution is -2.16. The smallest absolute Gasteiger partial charge is 0.259 e. The Kier molecular flexibility index (Phi) is 5.05. The molecule has 0 unspecified atom stereocenters. The number of amides is 1. The van der Waals surface area contributed by atoms with E-state index in [2.05, 4.69) is 25.5 Å². The standard InChI is InChI=1S/C18H21N5O2S2/c1-9(2)16-22-23-18(27-16)21-13(24)8-7-12-19-15(25)14-10-5-3-4-6-11(10)26-17(14)20-12/h9H,3-8H2,1-2H3,(H,19,20,25)(H,21,23,24). The van der Waals surface area contributed by atoms with Crippen LogP contribution in [0.2, 0.25) is 0 Å². The van der Waals surface area contributed by atoms with E-state index in [1.165, 1.54) is 28.2 Å². The van der Waals surface area contributed by atoms with E-state index in [1.54, 1.807) is 11.3 Å². The zero-order chi connectivity index (χ0) is 19.0. The maximum absolute atomic E-state index is 12.5. The second-order valence-corrected chi connectivity index (χ2v) is 9.14. The highest BCUT2D eigenvalue weighted by molar-refractivity contribution is 7.18. The number of anilines is 1. The number of hydrogen-bond donors (Lipinski definition) is 2. The molecule has 1 aliphatic rings. The highest BCUT2D eigenvalue weighted by Crippen LogP contribution is 2.33. The number of carbonyl (C=O) groups excluding carboxylic acids is 1. The molecule has 3 aromatic rings. The van der Waals surface area contributed by atoms with Gasteiger partial charge >= 0.3 is 0 Å². The van der Waals surface area contributed by atoms with E-state index in [0.29, 0.717) is 17.4 Å². The van der Waals surface area contributed by atoms with Crippen LogP contribution in [0.1, 0.15) is 60.3 Å². The molecule has 7 nitrogen and oxygen atoms in total. The molecule has 0 atom stereocenters. The molecule has 0 aromatic carbocycles. The fourth-order valence-corrected chi connectivity index (χ4v) is 5.30. The summed E-state index contributed by atoms with van der Waals surface area (Å²) in [7, 11) is 0. The summed E-state index contributed by atoms with van der Waals surface area (Å²) in [6.07, 6.45) is 4.92. The number of hydrogen-bond acceptors (Lipinski definition) is 7. The van der Waals surface area contributed by atoms with Crippen molar-refractivity contribution in [1.29, 1.82) is 0 Å². The summed E-state index contributed by atoms with van der Waals surface area (Å²) in [6.45, 7) is 4.07. The summed E-state index contributed by atoms with van der Waals surface area (Å²) in [6, 6.07) is 0. The van der Waals surface area contributed by atoms with Crippen LogP contribution < -0.4 is 10.9 Å². The molecule has 0 radical (unpaired) electrons. The Morgan fingerprint density at radius 3 is 2.81 bits per heavy atom. The lowest BCUT2D eigenvalue weighted by Gasteiger charge is -2.09. The van der Waals surface area contributed by atoms with Crippen LogP contribution in [0.25, 0.3) is 10.2 Å². The number of carbonyl (C=O) groups is 1. The van der Waals surface area contributed by atoms with Crippen LogP contribution in [0.4, 0.5) is 5.13 Å². The molecule has 0 saturated heterocycles. The number of nitrogens with one attached hydrogen (secondary N) is 2. The minimum atomic E-state index is -0.158. The molecule has 0 bridgehead atoms. The van der Waals surface area contributed by atoms with Crippen molar-refractivity contribution in [3.8, 4) is 0 Å². The molecule has 9 heteroatoms. The van der Waals surface area contributed by atoms with Crippen LogP contribution in [0.15, 0.2) is 4.79 Å². The Balaban J connectivity index is 1.45. The van der Waals surface area contributed by atoms with Gasteiger partial charge < -0.3 is 10.3 Å². The van der Waals surface area contributed by atoms with Gasteiger partial charge in [0, 0.05) is 23.6 Å². The van der Waals surface area contributed by atoms with Crippen molar-refractivity contribution in [1.82, 2.24) is 20.2 Å². The third kappa shape index (κ3) is 3.79. The van der Waals surface area contributed by atoms with Crippen molar-refractivity contribution >= 4 is 43.9 Å². The average molecular weight is 404 g/mol. The first-order valence-electron chi connectivity index (χ1n) is 9.18. The van der Waals surface area contributed by atoms with E-state index in [4.69, 9.17) is 0 Å². The van der Waals surface area contributed by atoms with Gasteiger partial charge in [0.25, 0.3) is 5.56 Å². The lowest BCUT2D eigenvalue weighted by molar-refractivity contribution is -0.116. The number of fused-ring (bicyclic) bond motifs is 3. The maximum atomic E-state index is 12.5. The number of thiophene rings is 1. The van der Waals surface area contributed by atoms with Crippen molar-refractivity contribution < 1.29 is 4.79 Å². The zero-order valence-corrected chi connectivity index (χ0v) is 16.9. The number of aryl methyl sites for hydroxylation is 3. The Hall–Kier alpha value is -2.13. The summed E-state index contributed by atoms with van der Waals surface area (Å²) >= 11 is 3.01. The minimum Gasteiger partial charge on any atom is -0.310 e. The predicted molar refractivity (Wildman–Crippen MR) is 108 cm³/mol. The number of rotatable bonds is 5. The number of aromatic nitrogens is 4. The number of nitrogens with zero attached hydrogens (tertiary/aromatic N) is 3. The van der Waals surface area contributed by atoms with Crippen LogP contribution in [-0.4, -0.2) is 26.1 Å². The quantitative estimate of drug-likeness (QED) is 0.680. The largest absolute Gasteiger partial charge is 0.310 e. The van der Waals surface area contributed by atoms with Crippen LogP contribution >= 0.6 is 22.7 Å². The molecule has 3 aromatic heterocycles. The first-order valence-corrected chi connectivity index (χ1v) is 10.8. The molecule has 0 spiro atoms. The second kappa shape index (κ2) is 7.47.